The van der Waals surface area contributed by atoms with Gasteiger partial charge in [-0.1, -0.05) is 0 Å². The highest BCUT2D eigenvalue weighted by atomic mass is 16.5. The average Bonchev–Trinajstić information content (AvgIpc) is 2.29. The summed E-state index contributed by atoms with van der Waals surface area (Å²) in [5.41, 5.74) is 6.35. The molecule has 1 amide bonds. The second kappa shape index (κ2) is 5.27. The van der Waals surface area contributed by atoms with Crippen LogP contribution in [0.5, 0.6) is 11.5 Å². The van der Waals surface area contributed by atoms with Crippen LogP contribution in [-0.2, 0) is 4.79 Å². The first-order valence-corrected chi connectivity index (χ1v) is 5.62. The van der Waals surface area contributed by atoms with Crippen LogP contribution in [0.4, 0.5) is 5.69 Å². The molecule has 0 radical (unpaired) electrons. The molecule has 18 heavy (non-hydrogen) atoms. The molecule has 0 atom stereocenters. The van der Waals surface area contributed by atoms with Crippen LogP contribution >= 0.6 is 0 Å². The maximum atomic E-state index is 11.8. The van der Waals surface area contributed by atoms with Crippen LogP contribution in [0.2, 0.25) is 0 Å². The van der Waals surface area contributed by atoms with Gasteiger partial charge in [-0.3, -0.25) is 4.79 Å². The number of hydrogen-bond donors (Lipinski definition) is 2. The van der Waals surface area contributed by atoms with Gasteiger partial charge in [0, 0.05) is 11.8 Å². The predicted octanol–water partition coefficient (Wildman–Crippen LogP) is 1.69. The van der Waals surface area contributed by atoms with E-state index in [9.17, 15) is 4.79 Å². The van der Waals surface area contributed by atoms with Crippen molar-refractivity contribution in [2.75, 3.05) is 19.5 Å². The normalized spacial score (nSPS) is 11.0. The Balaban J connectivity index is 3.07. The summed E-state index contributed by atoms with van der Waals surface area (Å²) in [6, 6.07) is 3.52. The van der Waals surface area contributed by atoms with Crippen molar-refractivity contribution >= 4 is 11.6 Å². The SMILES string of the molecule is COc1cc(C)c(NC(=O)C(C)(C)N)cc1OC. The lowest BCUT2D eigenvalue weighted by Gasteiger charge is -2.20. The van der Waals surface area contributed by atoms with E-state index < -0.39 is 5.54 Å². The number of methoxy groups -OCH3 is 2. The molecule has 0 aromatic heterocycles. The van der Waals surface area contributed by atoms with E-state index in [-0.39, 0.29) is 5.91 Å². The smallest absolute Gasteiger partial charge is 0.243 e. The van der Waals surface area contributed by atoms with Gasteiger partial charge in [0.1, 0.15) is 0 Å². The second-order valence-corrected chi connectivity index (χ2v) is 4.70. The highest BCUT2D eigenvalue weighted by Gasteiger charge is 2.22. The molecule has 0 aliphatic heterocycles. The fourth-order valence-corrected chi connectivity index (χ4v) is 1.40. The lowest BCUT2D eigenvalue weighted by Crippen LogP contribution is -2.45. The number of rotatable bonds is 4. The molecule has 0 aliphatic rings. The summed E-state index contributed by atoms with van der Waals surface area (Å²) in [6.45, 7) is 5.18. The summed E-state index contributed by atoms with van der Waals surface area (Å²) in [5, 5.41) is 2.78. The minimum Gasteiger partial charge on any atom is -0.493 e. The standard InChI is InChI=1S/C13H20N2O3/c1-8-6-10(17-4)11(18-5)7-9(8)15-12(16)13(2,3)14/h6-7H,14H2,1-5H3,(H,15,16). The molecular formula is C13H20N2O3. The number of nitrogens with one attached hydrogen (secondary N) is 1. The van der Waals surface area contributed by atoms with Gasteiger partial charge in [-0.2, -0.15) is 0 Å². The molecule has 1 rings (SSSR count). The van der Waals surface area contributed by atoms with Crippen molar-refractivity contribution in [1.29, 1.82) is 0 Å². The lowest BCUT2D eigenvalue weighted by molar-refractivity contribution is -0.120. The maximum absolute atomic E-state index is 11.8. The average molecular weight is 252 g/mol. The van der Waals surface area contributed by atoms with Crippen molar-refractivity contribution in [3.05, 3.63) is 17.7 Å². The third-order valence-corrected chi connectivity index (χ3v) is 2.56. The summed E-state index contributed by atoms with van der Waals surface area (Å²) in [7, 11) is 3.12. The van der Waals surface area contributed by atoms with Gasteiger partial charge in [-0.05, 0) is 32.4 Å². The van der Waals surface area contributed by atoms with Gasteiger partial charge in [0.05, 0.1) is 19.8 Å². The fourth-order valence-electron chi connectivity index (χ4n) is 1.40. The zero-order valence-corrected chi connectivity index (χ0v) is 11.5. The van der Waals surface area contributed by atoms with Crippen molar-refractivity contribution in [3.8, 4) is 11.5 Å². The van der Waals surface area contributed by atoms with Crippen LogP contribution in [0, 0.1) is 6.92 Å². The second-order valence-electron chi connectivity index (χ2n) is 4.70. The number of hydrogen-bond acceptors (Lipinski definition) is 4. The van der Waals surface area contributed by atoms with E-state index in [4.69, 9.17) is 15.2 Å². The minimum absolute atomic E-state index is 0.252. The number of nitrogens with two attached hydrogens (primary N) is 1. The molecule has 0 saturated heterocycles. The van der Waals surface area contributed by atoms with E-state index in [0.717, 1.165) is 5.56 Å². The van der Waals surface area contributed by atoms with Crippen LogP contribution in [-0.4, -0.2) is 25.7 Å². The summed E-state index contributed by atoms with van der Waals surface area (Å²) in [6.07, 6.45) is 0. The largest absolute Gasteiger partial charge is 0.493 e. The molecule has 5 heteroatoms. The Morgan fingerprint density at radius 2 is 1.72 bits per heavy atom. The molecule has 1 aromatic rings. The monoisotopic (exact) mass is 252 g/mol. The lowest BCUT2D eigenvalue weighted by atomic mass is 10.1. The number of benzene rings is 1. The first-order chi connectivity index (χ1) is 8.29. The van der Waals surface area contributed by atoms with Crippen LogP contribution in [0.1, 0.15) is 19.4 Å². The Morgan fingerprint density at radius 1 is 1.22 bits per heavy atom. The van der Waals surface area contributed by atoms with Crippen molar-refractivity contribution in [1.82, 2.24) is 0 Å². The molecule has 0 heterocycles. The van der Waals surface area contributed by atoms with Crippen LogP contribution in [0.25, 0.3) is 0 Å². The fraction of sp³-hybridized carbons (Fsp3) is 0.462. The molecule has 3 N–H and O–H groups in total. The van der Waals surface area contributed by atoms with Gasteiger partial charge in [0.15, 0.2) is 11.5 Å². The minimum atomic E-state index is -0.931. The summed E-state index contributed by atoms with van der Waals surface area (Å²) in [4.78, 5) is 11.8. The van der Waals surface area contributed by atoms with Crippen molar-refractivity contribution in [3.63, 3.8) is 0 Å². The van der Waals surface area contributed by atoms with Gasteiger partial charge in [0.2, 0.25) is 5.91 Å². The van der Waals surface area contributed by atoms with E-state index >= 15 is 0 Å². The molecule has 1 aromatic carbocycles. The van der Waals surface area contributed by atoms with Gasteiger partial charge in [-0.25, -0.2) is 0 Å². The molecule has 0 unspecified atom stereocenters. The first kappa shape index (κ1) is 14.3. The Kier molecular flexibility index (Phi) is 4.19. The van der Waals surface area contributed by atoms with Crippen LogP contribution in [0.3, 0.4) is 0 Å². The Hall–Kier alpha value is -1.75. The van der Waals surface area contributed by atoms with Gasteiger partial charge in [-0.15, -0.1) is 0 Å². The van der Waals surface area contributed by atoms with E-state index in [1.54, 1.807) is 40.2 Å². The van der Waals surface area contributed by atoms with E-state index in [1.165, 1.54) is 0 Å². The molecule has 0 aliphatic carbocycles. The van der Waals surface area contributed by atoms with E-state index in [2.05, 4.69) is 5.32 Å². The molecule has 0 fully saturated rings. The van der Waals surface area contributed by atoms with Crippen molar-refractivity contribution < 1.29 is 14.3 Å². The highest BCUT2D eigenvalue weighted by Crippen LogP contribution is 2.33. The van der Waals surface area contributed by atoms with Crippen LogP contribution in [0.15, 0.2) is 12.1 Å². The highest BCUT2D eigenvalue weighted by molar-refractivity contribution is 5.98. The zero-order valence-electron chi connectivity index (χ0n) is 11.5. The third-order valence-electron chi connectivity index (χ3n) is 2.56. The Morgan fingerprint density at radius 3 is 2.17 bits per heavy atom. The summed E-state index contributed by atoms with van der Waals surface area (Å²) < 4.78 is 10.4. The number of anilines is 1. The van der Waals surface area contributed by atoms with E-state index in [1.807, 2.05) is 6.92 Å². The number of aryl methyl sites for hydroxylation is 1. The first-order valence-electron chi connectivity index (χ1n) is 5.62. The number of amides is 1. The number of carbonyl (C=O) groups excluding carboxylic acids is 1. The predicted molar refractivity (Wildman–Crippen MR) is 71.2 cm³/mol. The molecule has 100 valence electrons. The Labute approximate surface area is 107 Å². The Bertz CT molecular complexity index is 450. The number of carbonyl (C=O) groups is 1. The van der Waals surface area contributed by atoms with Gasteiger partial charge >= 0.3 is 0 Å². The quantitative estimate of drug-likeness (QED) is 0.855. The van der Waals surface area contributed by atoms with Gasteiger partial charge < -0.3 is 20.5 Å². The third kappa shape index (κ3) is 3.13. The summed E-state index contributed by atoms with van der Waals surface area (Å²) in [5.74, 6) is 0.936. The molecule has 0 bridgehead atoms. The zero-order chi connectivity index (χ0) is 13.9. The van der Waals surface area contributed by atoms with Crippen molar-refractivity contribution in [2.24, 2.45) is 5.73 Å². The maximum Gasteiger partial charge on any atom is 0.243 e. The molecular weight excluding hydrogens is 232 g/mol. The van der Waals surface area contributed by atoms with Crippen LogP contribution < -0.4 is 20.5 Å². The molecule has 0 spiro atoms. The molecule has 0 saturated carbocycles. The molecule has 5 nitrogen and oxygen atoms in total. The van der Waals surface area contributed by atoms with E-state index in [0.29, 0.717) is 17.2 Å². The number of ether oxygens (including phenoxy) is 2. The van der Waals surface area contributed by atoms with Crippen molar-refractivity contribution in [2.45, 2.75) is 26.3 Å². The summed E-state index contributed by atoms with van der Waals surface area (Å²) >= 11 is 0. The topological polar surface area (TPSA) is 73.6 Å². The van der Waals surface area contributed by atoms with Gasteiger partial charge in [0.25, 0.3) is 0 Å².